The van der Waals surface area contributed by atoms with Crippen LogP contribution >= 0.6 is 0 Å². The number of carbonyl (C=O) groups excluding carboxylic acids is 1. The molecule has 1 fully saturated rings. The number of nitrogens with one attached hydrogen (secondary N) is 1. The Hall–Kier alpha value is -1.30. The van der Waals surface area contributed by atoms with Crippen LogP contribution in [0.1, 0.15) is 40.5 Å². The lowest BCUT2D eigenvalue weighted by Gasteiger charge is -2.24. The van der Waals surface area contributed by atoms with Gasteiger partial charge >= 0.3 is 12.1 Å². The molecule has 1 aliphatic heterocycles. The van der Waals surface area contributed by atoms with Gasteiger partial charge in [0.25, 0.3) is 0 Å². The van der Waals surface area contributed by atoms with Crippen molar-refractivity contribution < 1.29 is 24.2 Å². The number of amides is 1. The largest absolute Gasteiger partial charge is 0.479 e. The van der Waals surface area contributed by atoms with E-state index in [1.54, 1.807) is 27.7 Å². The Balaban J connectivity index is 2.40. The van der Waals surface area contributed by atoms with E-state index in [4.69, 9.17) is 14.6 Å². The molecule has 0 radical (unpaired) electrons. The predicted molar refractivity (Wildman–Crippen MR) is 64.4 cm³/mol. The Morgan fingerprint density at radius 3 is 2.44 bits per heavy atom. The fraction of sp³-hybridized carbons (Fsp3) is 0.833. The highest BCUT2D eigenvalue weighted by Crippen LogP contribution is 2.22. The third-order valence-electron chi connectivity index (χ3n) is 2.63. The van der Waals surface area contributed by atoms with Gasteiger partial charge < -0.3 is 19.9 Å². The first kappa shape index (κ1) is 14.8. The molecule has 0 bridgehead atoms. The number of aliphatic carboxylic acids is 1. The maximum atomic E-state index is 11.5. The number of rotatable bonds is 3. The van der Waals surface area contributed by atoms with Crippen LogP contribution in [-0.4, -0.2) is 41.0 Å². The molecule has 6 nitrogen and oxygen atoms in total. The standard InChI is InChI=1S/C12H21NO5/c1-7(13-11(16)18-12(2,3)4)8-5-6-9(17-8)10(14)15/h7-9H,5-6H2,1-4H3,(H,13,16)(H,14,15)/t7-,8+,9-/m0/s1. The summed E-state index contributed by atoms with van der Waals surface area (Å²) in [5, 5.41) is 11.5. The molecule has 0 saturated carbocycles. The van der Waals surface area contributed by atoms with Gasteiger partial charge in [-0.1, -0.05) is 0 Å². The van der Waals surface area contributed by atoms with E-state index in [1.807, 2.05) is 0 Å². The van der Waals surface area contributed by atoms with Gasteiger partial charge in [0.2, 0.25) is 0 Å². The Morgan fingerprint density at radius 1 is 1.39 bits per heavy atom. The average Bonchev–Trinajstić information content (AvgIpc) is 2.62. The lowest BCUT2D eigenvalue weighted by molar-refractivity contribution is -0.149. The molecule has 0 unspecified atom stereocenters. The second-order valence-electron chi connectivity index (χ2n) is 5.51. The maximum absolute atomic E-state index is 11.5. The van der Waals surface area contributed by atoms with E-state index in [1.165, 1.54) is 0 Å². The molecule has 0 aromatic heterocycles. The summed E-state index contributed by atoms with van der Waals surface area (Å²) in [5.41, 5.74) is -0.552. The van der Waals surface area contributed by atoms with Crippen molar-refractivity contribution in [2.75, 3.05) is 0 Å². The fourth-order valence-electron chi connectivity index (χ4n) is 1.80. The molecule has 18 heavy (non-hydrogen) atoms. The van der Waals surface area contributed by atoms with E-state index in [-0.39, 0.29) is 12.1 Å². The summed E-state index contributed by atoms with van der Waals surface area (Å²) < 4.78 is 10.5. The van der Waals surface area contributed by atoms with Crippen LogP contribution in [0, 0.1) is 0 Å². The molecule has 0 spiro atoms. The summed E-state index contributed by atoms with van der Waals surface area (Å²) in [7, 11) is 0. The maximum Gasteiger partial charge on any atom is 0.407 e. The van der Waals surface area contributed by atoms with Gasteiger partial charge in [0, 0.05) is 0 Å². The van der Waals surface area contributed by atoms with Crippen LogP contribution in [0.4, 0.5) is 4.79 Å². The van der Waals surface area contributed by atoms with E-state index in [9.17, 15) is 9.59 Å². The van der Waals surface area contributed by atoms with Crippen molar-refractivity contribution in [3.8, 4) is 0 Å². The Kier molecular flexibility index (Phi) is 4.56. The second-order valence-corrected chi connectivity index (χ2v) is 5.51. The summed E-state index contributed by atoms with van der Waals surface area (Å²) in [6.45, 7) is 7.12. The zero-order valence-corrected chi connectivity index (χ0v) is 11.2. The molecule has 0 aromatic rings. The van der Waals surface area contributed by atoms with Crippen LogP contribution in [0.3, 0.4) is 0 Å². The molecule has 104 valence electrons. The molecule has 6 heteroatoms. The lowest BCUT2D eigenvalue weighted by Crippen LogP contribution is -2.43. The highest BCUT2D eigenvalue weighted by atomic mass is 16.6. The predicted octanol–water partition coefficient (Wildman–Crippen LogP) is 1.53. The van der Waals surface area contributed by atoms with E-state index < -0.39 is 23.8 Å². The summed E-state index contributed by atoms with van der Waals surface area (Å²) in [4.78, 5) is 22.3. The second kappa shape index (κ2) is 5.56. The van der Waals surface area contributed by atoms with Gasteiger partial charge in [-0.15, -0.1) is 0 Å². The molecule has 1 saturated heterocycles. The first-order valence-corrected chi connectivity index (χ1v) is 6.07. The van der Waals surface area contributed by atoms with Crippen LogP contribution < -0.4 is 5.32 Å². The molecule has 0 aliphatic carbocycles. The summed E-state index contributed by atoms with van der Waals surface area (Å²) in [6.07, 6.45) is -0.470. The zero-order chi connectivity index (χ0) is 13.9. The van der Waals surface area contributed by atoms with E-state index in [2.05, 4.69) is 5.32 Å². The van der Waals surface area contributed by atoms with Gasteiger partial charge in [-0.3, -0.25) is 0 Å². The minimum absolute atomic E-state index is 0.274. The van der Waals surface area contributed by atoms with Crippen LogP contribution in [0.5, 0.6) is 0 Å². The van der Waals surface area contributed by atoms with Gasteiger partial charge in [0.1, 0.15) is 5.60 Å². The monoisotopic (exact) mass is 259 g/mol. The number of carboxylic acids is 1. The van der Waals surface area contributed by atoms with Gasteiger partial charge in [-0.05, 0) is 40.5 Å². The van der Waals surface area contributed by atoms with Crippen molar-refractivity contribution in [3.05, 3.63) is 0 Å². The molecular weight excluding hydrogens is 238 g/mol. The summed E-state index contributed by atoms with van der Waals surface area (Å²) in [5.74, 6) is -0.957. The van der Waals surface area contributed by atoms with Crippen molar-refractivity contribution in [2.45, 2.75) is 64.4 Å². The van der Waals surface area contributed by atoms with Gasteiger partial charge in [0.05, 0.1) is 12.1 Å². The highest BCUT2D eigenvalue weighted by molar-refractivity contribution is 5.72. The normalized spacial score (nSPS) is 25.6. The van der Waals surface area contributed by atoms with Crippen LogP contribution in [0.2, 0.25) is 0 Å². The first-order valence-electron chi connectivity index (χ1n) is 6.07. The summed E-state index contributed by atoms with van der Waals surface area (Å²) in [6, 6.07) is -0.274. The first-order chi connectivity index (χ1) is 8.19. The van der Waals surface area contributed by atoms with E-state index in [0.29, 0.717) is 12.8 Å². The molecule has 2 N–H and O–H groups in total. The number of alkyl carbamates (subject to hydrolysis) is 1. The third-order valence-corrected chi connectivity index (χ3v) is 2.63. The van der Waals surface area contributed by atoms with Gasteiger partial charge in [0.15, 0.2) is 6.10 Å². The van der Waals surface area contributed by atoms with Crippen molar-refractivity contribution in [1.82, 2.24) is 5.32 Å². The molecule has 1 aliphatic rings. The molecular formula is C12H21NO5. The van der Waals surface area contributed by atoms with E-state index in [0.717, 1.165) is 0 Å². The van der Waals surface area contributed by atoms with Crippen LogP contribution in [-0.2, 0) is 14.3 Å². The molecule has 3 atom stereocenters. The third kappa shape index (κ3) is 4.52. The minimum Gasteiger partial charge on any atom is -0.479 e. The highest BCUT2D eigenvalue weighted by Gasteiger charge is 2.34. The number of ether oxygens (including phenoxy) is 2. The van der Waals surface area contributed by atoms with Crippen molar-refractivity contribution in [2.24, 2.45) is 0 Å². The molecule has 1 amide bonds. The van der Waals surface area contributed by atoms with Gasteiger partial charge in [-0.25, -0.2) is 9.59 Å². The Labute approximate surface area is 107 Å². The average molecular weight is 259 g/mol. The molecule has 1 rings (SSSR count). The molecule has 1 heterocycles. The minimum atomic E-state index is -0.957. The molecule has 0 aromatic carbocycles. The quantitative estimate of drug-likeness (QED) is 0.803. The topological polar surface area (TPSA) is 84.9 Å². The van der Waals surface area contributed by atoms with Crippen LogP contribution in [0.15, 0.2) is 0 Å². The number of carboxylic acid groups (broad SMARTS) is 1. The number of carbonyl (C=O) groups is 2. The van der Waals surface area contributed by atoms with Crippen molar-refractivity contribution in [3.63, 3.8) is 0 Å². The number of hydrogen-bond donors (Lipinski definition) is 2. The Bertz CT molecular complexity index is 323. The fourth-order valence-corrected chi connectivity index (χ4v) is 1.80. The number of hydrogen-bond acceptors (Lipinski definition) is 4. The van der Waals surface area contributed by atoms with Crippen molar-refractivity contribution in [1.29, 1.82) is 0 Å². The summed E-state index contributed by atoms with van der Waals surface area (Å²) >= 11 is 0. The Morgan fingerprint density at radius 2 is 2.00 bits per heavy atom. The van der Waals surface area contributed by atoms with Crippen LogP contribution in [0.25, 0.3) is 0 Å². The smallest absolute Gasteiger partial charge is 0.407 e. The van der Waals surface area contributed by atoms with E-state index >= 15 is 0 Å². The lowest BCUT2D eigenvalue weighted by atomic mass is 10.1. The SMILES string of the molecule is C[C@H](NC(=O)OC(C)(C)C)[C@H]1CC[C@@H](C(=O)O)O1. The zero-order valence-electron chi connectivity index (χ0n) is 11.2. The van der Waals surface area contributed by atoms with Crippen molar-refractivity contribution >= 4 is 12.1 Å². The van der Waals surface area contributed by atoms with Gasteiger partial charge in [-0.2, -0.15) is 0 Å².